The average Bonchev–Trinajstić information content (AvgIpc) is 2.51. The third-order valence-electron chi connectivity index (χ3n) is 4.19. The van der Waals surface area contributed by atoms with Crippen LogP contribution in [-0.2, 0) is 4.79 Å². The van der Waals surface area contributed by atoms with Gasteiger partial charge in [0.2, 0.25) is 0 Å². The summed E-state index contributed by atoms with van der Waals surface area (Å²) in [4.78, 5) is 12.8. The number of hydrogen-bond donors (Lipinski definition) is 0. The summed E-state index contributed by atoms with van der Waals surface area (Å²) < 4.78 is 0. The first-order chi connectivity index (χ1) is 10.3. The van der Waals surface area contributed by atoms with Crippen molar-refractivity contribution in [2.24, 2.45) is 0 Å². The number of rotatable bonds is 17. The van der Waals surface area contributed by atoms with Crippen molar-refractivity contribution in [3.63, 3.8) is 0 Å². The largest absolute Gasteiger partial charge is 0.334 e. The summed E-state index contributed by atoms with van der Waals surface area (Å²) in [5, 5.41) is 0. The van der Waals surface area contributed by atoms with Crippen LogP contribution in [0.1, 0.15) is 104 Å². The Balaban J connectivity index is 3.31. The second-order valence-electron chi connectivity index (χ2n) is 6.32. The highest BCUT2D eigenvalue weighted by molar-refractivity contribution is 5.47. The quantitative estimate of drug-likeness (QED) is 0.243. The van der Waals surface area contributed by atoms with Crippen LogP contribution in [0.2, 0.25) is 0 Å². The Morgan fingerprint density at radius 3 is 1.24 bits per heavy atom. The van der Waals surface area contributed by atoms with Crippen molar-refractivity contribution in [1.29, 1.82) is 0 Å². The second kappa shape index (κ2) is 17.5. The Morgan fingerprint density at radius 1 is 0.571 bits per heavy atom. The van der Waals surface area contributed by atoms with Crippen LogP contribution >= 0.6 is 0 Å². The van der Waals surface area contributed by atoms with Crippen LogP contribution in [0.5, 0.6) is 0 Å². The predicted molar refractivity (Wildman–Crippen MR) is 93.3 cm³/mol. The van der Waals surface area contributed by atoms with Crippen LogP contribution in [0.15, 0.2) is 0 Å². The van der Waals surface area contributed by atoms with Gasteiger partial charge in [-0.3, -0.25) is 4.79 Å². The highest BCUT2D eigenvalue weighted by atomic mass is 16.1. The molecule has 0 aliphatic carbocycles. The van der Waals surface area contributed by atoms with Crippen LogP contribution in [0.25, 0.3) is 0 Å². The van der Waals surface area contributed by atoms with Crippen LogP contribution < -0.4 is 0 Å². The first-order valence-electron chi connectivity index (χ1n) is 9.47. The summed E-state index contributed by atoms with van der Waals surface area (Å²) in [6.07, 6.45) is 20.4. The van der Waals surface area contributed by atoms with Crippen molar-refractivity contribution in [3.05, 3.63) is 0 Å². The lowest BCUT2D eigenvalue weighted by atomic mass is 10.1. The summed E-state index contributed by atoms with van der Waals surface area (Å²) >= 11 is 0. The lowest BCUT2D eigenvalue weighted by Gasteiger charge is -2.16. The van der Waals surface area contributed by atoms with Crippen molar-refractivity contribution < 1.29 is 4.79 Å². The first-order valence-corrected chi connectivity index (χ1v) is 9.47. The van der Waals surface area contributed by atoms with E-state index < -0.39 is 0 Å². The second-order valence-corrected chi connectivity index (χ2v) is 6.32. The van der Waals surface area contributed by atoms with Crippen molar-refractivity contribution in [3.8, 4) is 0 Å². The van der Waals surface area contributed by atoms with E-state index in [0.717, 1.165) is 25.9 Å². The van der Waals surface area contributed by atoms with Crippen molar-refractivity contribution >= 4 is 6.41 Å². The van der Waals surface area contributed by atoms with E-state index in [4.69, 9.17) is 0 Å². The molecule has 1 radical (unpaired) electrons. The summed E-state index contributed by atoms with van der Waals surface area (Å²) in [6.45, 7) is 6.32. The number of hydrogen-bond acceptors (Lipinski definition) is 1. The molecule has 125 valence electrons. The van der Waals surface area contributed by atoms with E-state index in [2.05, 4.69) is 20.3 Å². The monoisotopic (exact) mass is 296 g/mol. The molecule has 2 nitrogen and oxygen atoms in total. The molecule has 0 fully saturated rings. The van der Waals surface area contributed by atoms with E-state index in [1.165, 1.54) is 77.0 Å². The molecular weight excluding hydrogens is 258 g/mol. The minimum absolute atomic E-state index is 0.910. The summed E-state index contributed by atoms with van der Waals surface area (Å²) in [5.74, 6) is 0. The maximum absolute atomic E-state index is 10.9. The predicted octanol–water partition coefficient (Wildman–Crippen LogP) is 5.86. The van der Waals surface area contributed by atoms with Crippen LogP contribution in [0.4, 0.5) is 0 Å². The molecule has 0 aliphatic heterocycles. The first kappa shape index (κ1) is 20.5. The number of amides is 1. The Kier molecular flexibility index (Phi) is 17.1. The van der Waals surface area contributed by atoms with Crippen LogP contribution in [-0.4, -0.2) is 24.4 Å². The van der Waals surface area contributed by atoms with E-state index in [0.29, 0.717) is 0 Å². The van der Waals surface area contributed by atoms with Crippen molar-refractivity contribution in [2.75, 3.05) is 13.1 Å². The molecular formula is C19H38NO. The normalized spacial score (nSPS) is 10.8. The highest BCUT2D eigenvalue weighted by Gasteiger charge is 2.02. The minimum Gasteiger partial charge on any atom is -0.334 e. The molecule has 0 N–H and O–H groups in total. The summed E-state index contributed by atoms with van der Waals surface area (Å²) in [7, 11) is 0. The number of unbranched alkanes of at least 4 members (excludes halogenated alkanes) is 12. The molecule has 0 aliphatic rings. The van der Waals surface area contributed by atoms with Gasteiger partial charge in [0.1, 0.15) is 0 Å². The Morgan fingerprint density at radius 2 is 0.905 bits per heavy atom. The number of carbonyl (C=O) groups excluding carboxylic acids is 1. The number of nitrogens with zero attached hydrogens (tertiary/aromatic N) is 1. The SMILES string of the molecule is CCCCCCCCCN([C]=O)CCCCCCCCC. The van der Waals surface area contributed by atoms with E-state index >= 15 is 0 Å². The molecule has 0 bridgehead atoms. The molecule has 0 heterocycles. The molecule has 0 rings (SSSR count). The molecule has 0 atom stereocenters. The zero-order valence-electron chi connectivity index (χ0n) is 14.7. The van der Waals surface area contributed by atoms with E-state index in [-0.39, 0.29) is 0 Å². The smallest absolute Gasteiger partial charge is 0.312 e. The van der Waals surface area contributed by atoms with Gasteiger partial charge in [-0.05, 0) is 12.8 Å². The van der Waals surface area contributed by atoms with Crippen molar-refractivity contribution in [1.82, 2.24) is 4.90 Å². The van der Waals surface area contributed by atoms with Gasteiger partial charge in [-0.15, -0.1) is 0 Å². The molecule has 0 spiro atoms. The summed E-state index contributed by atoms with van der Waals surface area (Å²) in [6, 6.07) is 0. The molecule has 2 heteroatoms. The summed E-state index contributed by atoms with van der Waals surface area (Å²) in [5.41, 5.74) is 0. The highest BCUT2D eigenvalue weighted by Crippen LogP contribution is 2.09. The van der Waals surface area contributed by atoms with Gasteiger partial charge in [-0.2, -0.15) is 0 Å². The van der Waals surface area contributed by atoms with Gasteiger partial charge in [0.05, 0.1) is 0 Å². The third-order valence-corrected chi connectivity index (χ3v) is 4.19. The Bertz CT molecular complexity index is 188. The molecule has 0 unspecified atom stereocenters. The zero-order valence-corrected chi connectivity index (χ0v) is 14.7. The Labute approximate surface area is 133 Å². The van der Waals surface area contributed by atoms with Gasteiger partial charge in [0, 0.05) is 13.1 Å². The fourth-order valence-electron chi connectivity index (χ4n) is 2.72. The van der Waals surface area contributed by atoms with E-state index in [9.17, 15) is 4.79 Å². The minimum atomic E-state index is 0.910. The van der Waals surface area contributed by atoms with E-state index in [1.54, 1.807) is 0 Å². The third kappa shape index (κ3) is 15.7. The molecule has 0 saturated carbocycles. The molecule has 0 aromatic carbocycles. The van der Waals surface area contributed by atoms with Gasteiger partial charge < -0.3 is 4.90 Å². The van der Waals surface area contributed by atoms with Gasteiger partial charge in [-0.1, -0.05) is 90.9 Å². The lowest BCUT2D eigenvalue weighted by Crippen LogP contribution is -2.24. The maximum Gasteiger partial charge on any atom is 0.312 e. The average molecular weight is 297 g/mol. The molecule has 21 heavy (non-hydrogen) atoms. The lowest BCUT2D eigenvalue weighted by molar-refractivity contribution is 0.356. The van der Waals surface area contributed by atoms with Crippen LogP contribution in [0.3, 0.4) is 0 Å². The topological polar surface area (TPSA) is 20.3 Å². The Hall–Kier alpha value is -0.530. The zero-order chi connectivity index (χ0) is 15.6. The van der Waals surface area contributed by atoms with Gasteiger partial charge >= 0.3 is 6.41 Å². The molecule has 1 amide bonds. The maximum atomic E-state index is 10.9. The molecule has 0 aromatic rings. The molecule has 0 aromatic heterocycles. The van der Waals surface area contributed by atoms with Gasteiger partial charge in [-0.25, -0.2) is 0 Å². The standard InChI is InChI=1S/C19H38NO/c1-3-5-7-9-11-13-15-17-20(19-21)18-16-14-12-10-8-6-4-2/h3-18H2,1-2H3. The van der Waals surface area contributed by atoms with Crippen LogP contribution in [0, 0.1) is 0 Å². The molecule has 0 saturated heterocycles. The van der Waals surface area contributed by atoms with Gasteiger partial charge in [0.15, 0.2) is 0 Å². The fourth-order valence-corrected chi connectivity index (χ4v) is 2.72. The van der Waals surface area contributed by atoms with Gasteiger partial charge in [0.25, 0.3) is 0 Å². The van der Waals surface area contributed by atoms with E-state index in [1.807, 2.05) is 4.90 Å². The fraction of sp³-hybridized carbons (Fsp3) is 0.947. The van der Waals surface area contributed by atoms with Crippen molar-refractivity contribution in [2.45, 2.75) is 104 Å².